The smallest absolute Gasteiger partial charge is 0.340 e. The molecule has 1 unspecified atom stereocenters. The highest BCUT2D eigenvalue weighted by Gasteiger charge is 2.53. The molecule has 6 atom stereocenters. The zero-order valence-electron chi connectivity index (χ0n) is 12.1. The normalized spacial score (nSPS) is 36.3. The molecule has 0 aromatic carbocycles. The first-order valence-corrected chi connectivity index (χ1v) is 8.53. The lowest BCUT2D eigenvalue weighted by Gasteiger charge is -2.46. The largest absolute Gasteiger partial charge is 0.453 e. The van der Waals surface area contributed by atoms with E-state index in [1.165, 1.54) is 0 Å². The van der Waals surface area contributed by atoms with Crippen LogP contribution in [0.4, 0.5) is 0 Å². The van der Waals surface area contributed by atoms with Crippen LogP contribution in [-0.2, 0) is 33.3 Å². The number of aliphatic hydroxyl groups is 1. The summed E-state index contributed by atoms with van der Waals surface area (Å²) in [5, 5.41) is 10.1. The predicted octanol–water partition coefficient (Wildman–Crippen LogP) is 0.896. The van der Waals surface area contributed by atoms with Crippen LogP contribution in [0.3, 0.4) is 0 Å². The third-order valence-corrected chi connectivity index (χ3v) is 4.03. The fourth-order valence-electron chi connectivity index (χ4n) is 2.32. The molecule has 138 valence electrons. The van der Waals surface area contributed by atoms with E-state index in [1.807, 2.05) is 0 Å². The molecule has 2 heterocycles. The lowest BCUT2D eigenvalue weighted by molar-refractivity contribution is -0.350. The minimum atomic E-state index is -1.63. The van der Waals surface area contributed by atoms with E-state index in [4.69, 9.17) is 70.1 Å². The van der Waals surface area contributed by atoms with E-state index in [-0.39, 0.29) is 6.61 Å². The second-order valence-electron chi connectivity index (χ2n) is 4.97. The number of rotatable bonds is 4. The van der Waals surface area contributed by atoms with Crippen LogP contribution in [0, 0.1) is 0 Å². The summed E-state index contributed by atoms with van der Waals surface area (Å²) in [4.78, 5) is 20.4. The summed E-state index contributed by atoms with van der Waals surface area (Å²) in [7, 11) is 0. The van der Waals surface area contributed by atoms with Crippen molar-refractivity contribution in [3.05, 3.63) is 0 Å². The standard InChI is InChI=1S/C12H14Cl4O8/c1-3-20-2-4-5(21-3)6(23-11(18)8(13)14)7(10(17)22-4)24-12(19)9(15)16/h3-10,17H,2H2,1H3/t3-,4-,5-,6+,7-,10?/m1/s1. The Kier molecular flexibility index (Phi) is 7.21. The van der Waals surface area contributed by atoms with Gasteiger partial charge in [-0.05, 0) is 6.92 Å². The molecule has 8 nitrogen and oxygen atoms in total. The van der Waals surface area contributed by atoms with Crippen molar-refractivity contribution >= 4 is 58.3 Å². The van der Waals surface area contributed by atoms with Crippen LogP contribution < -0.4 is 0 Å². The van der Waals surface area contributed by atoms with Gasteiger partial charge in [0.2, 0.25) is 9.67 Å². The van der Waals surface area contributed by atoms with Crippen molar-refractivity contribution < 1.29 is 38.4 Å². The fourth-order valence-corrected chi connectivity index (χ4v) is 2.52. The molecule has 0 aromatic rings. The fraction of sp³-hybridized carbons (Fsp3) is 0.833. The molecule has 0 spiro atoms. The van der Waals surface area contributed by atoms with Crippen LogP contribution in [-0.4, -0.2) is 70.3 Å². The zero-order valence-corrected chi connectivity index (χ0v) is 15.2. The molecular formula is C12H14Cl4O8. The molecule has 1 N–H and O–H groups in total. The van der Waals surface area contributed by atoms with E-state index in [2.05, 4.69) is 0 Å². The second-order valence-corrected chi connectivity index (χ2v) is 7.16. The van der Waals surface area contributed by atoms with Crippen LogP contribution in [0.5, 0.6) is 0 Å². The number of fused-ring (bicyclic) bond motifs is 1. The summed E-state index contributed by atoms with van der Waals surface area (Å²) in [6.45, 7) is 1.68. The quantitative estimate of drug-likeness (QED) is 0.521. The van der Waals surface area contributed by atoms with Crippen molar-refractivity contribution in [2.45, 2.75) is 53.6 Å². The van der Waals surface area contributed by atoms with E-state index in [0.717, 1.165) is 0 Å². The summed E-state index contributed by atoms with van der Waals surface area (Å²) >= 11 is 21.8. The predicted molar refractivity (Wildman–Crippen MR) is 81.9 cm³/mol. The number of halogens is 4. The molecular weight excluding hydrogens is 414 g/mol. The maximum Gasteiger partial charge on any atom is 0.340 e. The van der Waals surface area contributed by atoms with E-state index < -0.39 is 58.6 Å². The lowest BCUT2D eigenvalue weighted by Crippen LogP contribution is -2.64. The molecule has 24 heavy (non-hydrogen) atoms. The van der Waals surface area contributed by atoms with Gasteiger partial charge in [-0.25, -0.2) is 9.59 Å². The molecule has 2 aliphatic heterocycles. The van der Waals surface area contributed by atoms with Crippen molar-refractivity contribution in [2.75, 3.05) is 6.61 Å². The van der Waals surface area contributed by atoms with Crippen LogP contribution in [0.15, 0.2) is 0 Å². The Morgan fingerprint density at radius 3 is 2.12 bits per heavy atom. The number of carbonyl (C=O) groups is 2. The minimum Gasteiger partial charge on any atom is -0.453 e. The van der Waals surface area contributed by atoms with Crippen molar-refractivity contribution in [2.24, 2.45) is 0 Å². The number of ether oxygens (including phenoxy) is 5. The summed E-state index contributed by atoms with van der Waals surface area (Å²) in [6, 6.07) is 0. The first kappa shape index (κ1) is 20.3. The average Bonchev–Trinajstić information content (AvgIpc) is 2.50. The Hall–Kier alpha value is -0.0600. The number of esters is 2. The Labute approximate surface area is 157 Å². The number of hydrogen-bond acceptors (Lipinski definition) is 8. The SMILES string of the molecule is C[C@@H]1OC[C@H]2OC(O)[C@H](OC(=O)C(Cl)Cl)[C@@H](OC(=O)C(Cl)Cl)[C@@H]2O1. The summed E-state index contributed by atoms with van der Waals surface area (Å²) in [5.74, 6) is -2.06. The van der Waals surface area contributed by atoms with Crippen molar-refractivity contribution in [3.8, 4) is 0 Å². The van der Waals surface area contributed by atoms with Gasteiger partial charge >= 0.3 is 11.9 Å². The highest BCUT2D eigenvalue weighted by Crippen LogP contribution is 2.32. The van der Waals surface area contributed by atoms with E-state index in [9.17, 15) is 14.7 Å². The Bertz CT molecular complexity index is 476. The Morgan fingerprint density at radius 2 is 1.58 bits per heavy atom. The maximum atomic E-state index is 11.8. The van der Waals surface area contributed by atoms with Gasteiger partial charge in [0.1, 0.15) is 12.2 Å². The molecule has 2 rings (SSSR count). The summed E-state index contributed by atoms with van der Waals surface area (Å²) in [5.41, 5.74) is 0. The van der Waals surface area contributed by atoms with E-state index in [1.54, 1.807) is 6.92 Å². The third-order valence-electron chi connectivity index (χ3n) is 3.31. The molecule has 2 fully saturated rings. The van der Waals surface area contributed by atoms with Gasteiger partial charge in [0, 0.05) is 0 Å². The first-order chi connectivity index (χ1) is 11.2. The topological polar surface area (TPSA) is 101 Å². The monoisotopic (exact) mass is 426 g/mol. The molecule has 2 saturated heterocycles. The second kappa shape index (κ2) is 8.55. The Morgan fingerprint density at radius 1 is 1.04 bits per heavy atom. The molecule has 12 heteroatoms. The van der Waals surface area contributed by atoms with Gasteiger partial charge in [-0.3, -0.25) is 0 Å². The average molecular weight is 428 g/mol. The van der Waals surface area contributed by atoms with Gasteiger partial charge < -0.3 is 28.8 Å². The number of alkyl halides is 4. The van der Waals surface area contributed by atoms with Crippen molar-refractivity contribution in [1.82, 2.24) is 0 Å². The van der Waals surface area contributed by atoms with E-state index in [0.29, 0.717) is 0 Å². The van der Waals surface area contributed by atoms with Gasteiger partial charge in [-0.1, -0.05) is 46.4 Å². The van der Waals surface area contributed by atoms with Gasteiger partial charge in [0.05, 0.1) is 6.61 Å². The van der Waals surface area contributed by atoms with Gasteiger partial charge in [-0.2, -0.15) is 0 Å². The first-order valence-electron chi connectivity index (χ1n) is 6.78. The summed E-state index contributed by atoms with van der Waals surface area (Å²) in [6.07, 6.45) is -6.64. The van der Waals surface area contributed by atoms with Crippen LogP contribution in [0.1, 0.15) is 6.92 Å². The third kappa shape index (κ3) is 4.76. The van der Waals surface area contributed by atoms with E-state index >= 15 is 0 Å². The molecule has 0 radical (unpaired) electrons. The van der Waals surface area contributed by atoms with Crippen molar-refractivity contribution in [3.63, 3.8) is 0 Å². The molecule has 2 aliphatic rings. The van der Waals surface area contributed by atoms with Gasteiger partial charge in [0.15, 0.2) is 24.8 Å². The number of aliphatic hydroxyl groups excluding tert-OH is 1. The van der Waals surface area contributed by atoms with Gasteiger partial charge in [-0.15, -0.1) is 0 Å². The lowest BCUT2D eigenvalue weighted by atomic mass is 9.97. The van der Waals surface area contributed by atoms with Crippen LogP contribution >= 0.6 is 46.4 Å². The summed E-state index contributed by atoms with van der Waals surface area (Å²) < 4.78 is 26.2. The zero-order chi connectivity index (χ0) is 18.0. The minimum absolute atomic E-state index is 0.0659. The molecule has 0 bridgehead atoms. The molecule has 0 aliphatic carbocycles. The maximum absolute atomic E-state index is 11.8. The molecule has 0 amide bonds. The number of carbonyl (C=O) groups excluding carboxylic acids is 2. The number of hydrogen-bond donors (Lipinski definition) is 1. The van der Waals surface area contributed by atoms with Crippen LogP contribution in [0.2, 0.25) is 0 Å². The molecule has 0 aromatic heterocycles. The van der Waals surface area contributed by atoms with Gasteiger partial charge in [0.25, 0.3) is 0 Å². The van der Waals surface area contributed by atoms with Crippen LogP contribution in [0.25, 0.3) is 0 Å². The Balaban J connectivity index is 2.23. The highest BCUT2D eigenvalue weighted by atomic mass is 35.5. The van der Waals surface area contributed by atoms with Crippen molar-refractivity contribution in [1.29, 1.82) is 0 Å². The molecule has 0 saturated carbocycles. The highest BCUT2D eigenvalue weighted by molar-refractivity contribution is 6.53.